The van der Waals surface area contributed by atoms with Gasteiger partial charge in [-0.2, -0.15) is 4.98 Å². The predicted molar refractivity (Wildman–Crippen MR) is 77.8 cm³/mol. The van der Waals surface area contributed by atoms with Crippen molar-refractivity contribution in [1.82, 2.24) is 10.1 Å². The third kappa shape index (κ3) is 3.43. The van der Waals surface area contributed by atoms with Gasteiger partial charge in [-0.3, -0.25) is 4.79 Å². The van der Waals surface area contributed by atoms with E-state index in [-0.39, 0.29) is 5.97 Å². The average molecular weight is 298 g/mol. The van der Waals surface area contributed by atoms with Crippen molar-refractivity contribution in [1.29, 1.82) is 0 Å². The molecule has 6 heteroatoms. The molecular formula is C15H26N2O4. The number of carbonyl (C=O) groups excluding carboxylic acids is 1. The van der Waals surface area contributed by atoms with E-state index in [0.29, 0.717) is 37.8 Å². The SMILES string of the molecule is CCOC(=O)C(CC)(CC)c1nc(C(C)(C)OCC)no1. The molecule has 0 atom stereocenters. The van der Waals surface area contributed by atoms with E-state index in [1.165, 1.54) is 0 Å². The lowest BCUT2D eigenvalue weighted by Gasteiger charge is -2.25. The van der Waals surface area contributed by atoms with Gasteiger partial charge < -0.3 is 14.0 Å². The van der Waals surface area contributed by atoms with E-state index in [9.17, 15) is 4.79 Å². The Labute approximate surface area is 126 Å². The average Bonchev–Trinajstić information content (AvgIpc) is 2.92. The maximum Gasteiger partial charge on any atom is 0.321 e. The Morgan fingerprint density at radius 1 is 1.14 bits per heavy atom. The lowest BCUT2D eigenvalue weighted by Crippen LogP contribution is -2.37. The summed E-state index contributed by atoms with van der Waals surface area (Å²) in [4.78, 5) is 16.7. The second-order valence-corrected chi connectivity index (χ2v) is 5.38. The Morgan fingerprint density at radius 2 is 1.76 bits per heavy atom. The topological polar surface area (TPSA) is 74.5 Å². The number of nitrogens with zero attached hydrogens (tertiary/aromatic N) is 2. The van der Waals surface area contributed by atoms with Crippen molar-refractivity contribution in [3.8, 4) is 0 Å². The molecule has 0 aliphatic carbocycles. The maximum absolute atomic E-state index is 12.3. The summed E-state index contributed by atoms with van der Waals surface area (Å²) in [6, 6.07) is 0. The summed E-state index contributed by atoms with van der Waals surface area (Å²) in [6.45, 7) is 12.1. The van der Waals surface area contributed by atoms with Crippen LogP contribution in [0.2, 0.25) is 0 Å². The second-order valence-electron chi connectivity index (χ2n) is 5.38. The van der Waals surface area contributed by atoms with Crippen molar-refractivity contribution in [2.75, 3.05) is 13.2 Å². The summed E-state index contributed by atoms with van der Waals surface area (Å²) in [6.07, 6.45) is 1.08. The van der Waals surface area contributed by atoms with Crippen LogP contribution in [0, 0.1) is 0 Å². The molecule has 0 saturated carbocycles. The molecule has 0 bridgehead atoms. The molecule has 0 saturated heterocycles. The van der Waals surface area contributed by atoms with Gasteiger partial charge in [-0.15, -0.1) is 0 Å². The number of hydrogen-bond acceptors (Lipinski definition) is 6. The zero-order chi connectivity index (χ0) is 16.1. The number of carbonyl (C=O) groups is 1. The van der Waals surface area contributed by atoms with Crippen LogP contribution < -0.4 is 0 Å². The molecule has 0 spiro atoms. The van der Waals surface area contributed by atoms with E-state index in [1.54, 1.807) is 6.92 Å². The van der Waals surface area contributed by atoms with Gasteiger partial charge in [-0.05, 0) is 40.5 Å². The molecule has 120 valence electrons. The minimum absolute atomic E-state index is 0.300. The summed E-state index contributed by atoms with van der Waals surface area (Å²) in [5.41, 5.74) is -1.54. The quantitative estimate of drug-likeness (QED) is 0.687. The summed E-state index contributed by atoms with van der Waals surface area (Å²) in [7, 11) is 0. The normalized spacial score (nSPS) is 12.5. The smallest absolute Gasteiger partial charge is 0.321 e. The first kappa shape index (κ1) is 17.6. The van der Waals surface area contributed by atoms with E-state index in [4.69, 9.17) is 14.0 Å². The first-order valence-corrected chi connectivity index (χ1v) is 7.53. The van der Waals surface area contributed by atoms with Crippen molar-refractivity contribution >= 4 is 5.97 Å². The van der Waals surface area contributed by atoms with Gasteiger partial charge in [-0.25, -0.2) is 0 Å². The molecule has 0 aromatic carbocycles. The summed E-state index contributed by atoms with van der Waals surface area (Å²) in [5, 5.41) is 3.99. The van der Waals surface area contributed by atoms with Crippen LogP contribution in [0.1, 0.15) is 66.1 Å². The molecule has 1 aromatic heterocycles. The fraction of sp³-hybridized carbons (Fsp3) is 0.800. The van der Waals surface area contributed by atoms with Crippen LogP contribution in [0.4, 0.5) is 0 Å². The Balaban J connectivity index is 3.17. The van der Waals surface area contributed by atoms with Crippen molar-refractivity contribution in [2.45, 2.75) is 65.4 Å². The first-order chi connectivity index (χ1) is 9.87. The Hall–Kier alpha value is -1.43. The van der Waals surface area contributed by atoms with Gasteiger partial charge >= 0.3 is 5.97 Å². The fourth-order valence-corrected chi connectivity index (χ4v) is 2.29. The maximum atomic E-state index is 12.3. The molecule has 1 aromatic rings. The van der Waals surface area contributed by atoms with Crippen LogP contribution in [-0.2, 0) is 25.3 Å². The lowest BCUT2D eigenvalue weighted by atomic mass is 9.82. The molecule has 0 N–H and O–H groups in total. The van der Waals surface area contributed by atoms with Crippen LogP contribution in [0.5, 0.6) is 0 Å². The van der Waals surface area contributed by atoms with Gasteiger partial charge in [-0.1, -0.05) is 19.0 Å². The standard InChI is InChI=1S/C15H26N2O4/c1-7-15(8-2,13(18)19-9-3)12-16-11(17-21-12)14(5,6)20-10-4/h7-10H2,1-6H3. The zero-order valence-electron chi connectivity index (χ0n) is 13.9. The molecule has 0 radical (unpaired) electrons. The van der Waals surface area contributed by atoms with Crippen molar-refractivity contribution in [3.63, 3.8) is 0 Å². The van der Waals surface area contributed by atoms with E-state index in [1.807, 2.05) is 34.6 Å². The van der Waals surface area contributed by atoms with E-state index < -0.39 is 11.0 Å². The predicted octanol–water partition coefficient (Wildman–Crippen LogP) is 2.96. The lowest BCUT2D eigenvalue weighted by molar-refractivity contribution is -0.151. The fourth-order valence-electron chi connectivity index (χ4n) is 2.29. The van der Waals surface area contributed by atoms with Crippen molar-refractivity contribution in [3.05, 3.63) is 11.7 Å². The van der Waals surface area contributed by atoms with Crippen LogP contribution in [-0.4, -0.2) is 29.3 Å². The largest absolute Gasteiger partial charge is 0.465 e. The molecular weight excluding hydrogens is 272 g/mol. The van der Waals surface area contributed by atoms with Crippen molar-refractivity contribution in [2.24, 2.45) is 0 Å². The molecule has 0 aliphatic rings. The van der Waals surface area contributed by atoms with Gasteiger partial charge in [0.1, 0.15) is 11.0 Å². The van der Waals surface area contributed by atoms with Crippen molar-refractivity contribution < 1.29 is 18.8 Å². The highest BCUT2D eigenvalue weighted by atomic mass is 16.5. The number of hydrogen-bond donors (Lipinski definition) is 0. The van der Waals surface area contributed by atoms with E-state index in [0.717, 1.165) is 0 Å². The highest BCUT2D eigenvalue weighted by Crippen LogP contribution is 2.33. The zero-order valence-corrected chi connectivity index (χ0v) is 13.9. The Bertz CT molecular complexity index is 464. The molecule has 1 heterocycles. The van der Waals surface area contributed by atoms with E-state index >= 15 is 0 Å². The Morgan fingerprint density at radius 3 is 2.24 bits per heavy atom. The van der Waals surface area contributed by atoms with Gasteiger partial charge in [0.25, 0.3) is 0 Å². The summed E-state index contributed by atoms with van der Waals surface area (Å²) >= 11 is 0. The van der Waals surface area contributed by atoms with Gasteiger partial charge in [0.2, 0.25) is 11.7 Å². The molecule has 0 unspecified atom stereocenters. The van der Waals surface area contributed by atoms with Crippen LogP contribution in [0.25, 0.3) is 0 Å². The molecule has 0 aliphatic heterocycles. The van der Waals surface area contributed by atoms with Gasteiger partial charge in [0, 0.05) is 6.61 Å². The number of rotatable bonds is 8. The Kier molecular flexibility index (Phi) is 5.89. The summed E-state index contributed by atoms with van der Waals surface area (Å²) < 4.78 is 16.2. The highest BCUT2D eigenvalue weighted by molar-refractivity contribution is 5.81. The number of ether oxygens (including phenoxy) is 2. The monoisotopic (exact) mass is 298 g/mol. The number of aromatic nitrogens is 2. The van der Waals surface area contributed by atoms with Crippen LogP contribution >= 0.6 is 0 Å². The van der Waals surface area contributed by atoms with Gasteiger partial charge in [0.05, 0.1) is 6.61 Å². The molecule has 21 heavy (non-hydrogen) atoms. The van der Waals surface area contributed by atoms with Crippen LogP contribution in [0.15, 0.2) is 4.52 Å². The molecule has 0 fully saturated rings. The van der Waals surface area contributed by atoms with E-state index in [2.05, 4.69) is 10.1 Å². The second kappa shape index (κ2) is 7.02. The summed E-state index contributed by atoms with van der Waals surface area (Å²) in [5.74, 6) is 0.420. The minimum atomic E-state index is -0.885. The molecule has 0 amide bonds. The number of esters is 1. The first-order valence-electron chi connectivity index (χ1n) is 7.53. The molecule has 1 rings (SSSR count). The van der Waals surface area contributed by atoms with Crippen LogP contribution in [0.3, 0.4) is 0 Å². The molecule has 6 nitrogen and oxygen atoms in total. The third-order valence-corrected chi connectivity index (χ3v) is 3.75. The third-order valence-electron chi connectivity index (χ3n) is 3.75. The van der Waals surface area contributed by atoms with Gasteiger partial charge in [0.15, 0.2) is 0 Å². The highest BCUT2D eigenvalue weighted by Gasteiger charge is 2.45. The minimum Gasteiger partial charge on any atom is -0.465 e.